The lowest BCUT2D eigenvalue weighted by Crippen LogP contribution is -2.09. The molecule has 1 aliphatic rings. The van der Waals surface area contributed by atoms with E-state index >= 15 is 0 Å². The molecule has 1 atom stereocenters. The van der Waals surface area contributed by atoms with E-state index in [4.69, 9.17) is 5.73 Å². The molecule has 3 nitrogen and oxygen atoms in total. The van der Waals surface area contributed by atoms with Crippen molar-refractivity contribution in [2.75, 3.05) is 0 Å². The molecular weight excluding hydrogens is 254 g/mol. The summed E-state index contributed by atoms with van der Waals surface area (Å²) in [6.07, 6.45) is 10.5. The normalized spacial score (nSPS) is 16.9. The Bertz CT molecular complexity index is 532. The van der Waals surface area contributed by atoms with E-state index in [0.717, 1.165) is 12.1 Å². The second-order valence-electron chi connectivity index (χ2n) is 5.26. The summed E-state index contributed by atoms with van der Waals surface area (Å²) in [5.74, 6) is 0. The Balaban J connectivity index is 1.85. The van der Waals surface area contributed by atoms with E-state index in [1.807, 2.05) is 22.2 Å². The van der Waals surface area contributed by atoms with Crippen LogP contribution in [0.3, 0.4) is 0 Å². The SMILES string of the molecule is CCn1cc(C(N)c2cc3c(s2)CCCCC3)cn1. The molecule has 2 heterocycles. The van der Waals surface area contributed by atoms with Gasteiger partial charge in [-0.3, -0.25) is 4.68 Å². The van der Waals surface area contributed by atoms with Gasteiger partial charge in [0.2, 0.25) is 0 Å². The van der Waals surface area contributed by atoms with Crippen molar-refractivity contribution in [2.24, 2.45) is 5.73 Å². The molecule has 0 aliphatic heterocycles. The molecular formula is C15H21N3S. The van der Waals surface area contributed by atoms with Gasteiger partial charge in [-0.1, -0.05) is 6.42 Å². The van der Waals surface area contributed by atoms with Crippen LogP contribution in [-0.4, -0.2) is 9.78 Å². The molecule has 0 spiro atoms. The average Bonchev–Trinajstić information content (AvgIpc) is 3.00. The average molecular weight is 275 g/mol. The zero-order chi connectivity index (χ0) is 13.2. The van der Waals surface area contributed by atoms with Gasteiger partial charge in [0.05, 0.1) is 12.2 Å². The minimum absolute atomic E-state index is 0.0165. The molecule has 3 rings (SSSR count). The number of hydrogen-bond donors (Lipinski definition) is 1. The number of aryl methyl sites for hydroxylation is 3. The van der Waals surface area contributed by atoms with E-state index in [2.05, 4.69) is 24.3 Å². The molecule has 2 N–H and O–H groups in total. The first-order valence-electron chi connectivity index (χ1n) is 7.17. The summed E-state index contributed by atoms with van der Waals surface area (Å²) in [5.41, 5.74) is 9.05. The Hall–Kier alpha value is -1.13. The Labute approximate surface area is 118 Å². The summed E-state index contributed by atoms with van der Waals surface area (Å²) in [7, 11) is 0. The summed E-state index contributed by atoms with van der Waals surface area (Å²) in [6.45, 7) is 2.99. The fourth-order valence-electron chi connectivity index (χ4n) is 2.72. The Kier molecular flexibility index (Phi) is 3.71. The predicted octanol–water partition coefficient (Wildman–Crippen LogP) is 3.28. The second-order valence-corrected chi connectivity index (χ2v) is 6.43. The number of nitrogens with two attached hydrogens (primary N) is 1. The monoisotopic (exact) mass is 275 g/mol. The van der Waals surface area contributed by atoms with Crippen molar-refractivity contribution in [1.82, 2.24) is 9.78 Å². The van der Waals surface area contributed by atoms with E-state index in [0.29, 0.717) is 0 Å². The van der Waals surface area contributed by atoms with Crippen LogP contribution in [0, 0.1) is 0 Å². The van der Waals surface area contributed by atoms with Gasteiger partial charge in [0.15, 0.2) is 0 Å². The first-order chi connectivity index (χ1) is 9.28. The standard InChI is InChI=1S/C15H21N3S/c1-2-18-10-12(9-17-18)15(16)14-8-11-6-4-3-5-7-13(11)19-14/h8-10,15H,2-7,16H2,1H3. The number of aromatic nitrogens is 2. The molecule has 0 aromatic carbocycles. The first-order valence-corrected chi connectivity index (χ1v) is 7.99. The Morgan fingerprint density at radius 2 is 2.21 bits per heavy atom. The third-order valence-corrected chi connectivity index (χ3v) is 5.23. The minimum atomic E-state index is -0.0165. The topological polar surface area (TPSA) is 43.8 Å². The van der Waals surface area contributed by atoms with Gasteiger partial charge in [-0.25, -0.2) is 0 Å². The highest BCUT2D eigenvalue weighted by atomic mass is 32.1. The van der Waals surface area contributed by atoms with Crippen LogP contribution < -0.4 is 5.73 Å². The fourth-order valence-corrected chi connectivity index (χ4v) is 4.01. The Morgan fingerprint density at radius 1 is 1.37 bits per heavy atom. The van der Waals surface area contributed by atoms with Crippen molar-refractivity contribution in [3.8, 4) is 0 Å². The second kappa shape index (κ2) is 5.47. The summed E-state index contributed by atoms with van der Waals surface area (Å²) >= 11 is 1.91. The van der Waals surface area contributed by atoms with Gasteiger partial charge in [-0.05, 0) is 44.2 Å². The number of rotatable bonds is 3. The lowest BCUT2D eigenvalue weighted by molar-refractivity contribution is 0.658. The van der Waals surface area contributed by atoms with E-state index in [1.165, 1.54) is 42.5 Å². The molecule has 4 heteroatoms. The van der Waals surface area contributed by atoms with Crippen molar-refractivity contribution in [3.05, 3.63) is 39.3 Å². The van der Waals surface area contributed by atoms with Gasteiger partial charge in [0, 0.05) is 28.1 Å². The summed E-state index contributed by atoms with van der Waals surface area (Å²) in [5, 5.41) is 4.32. The number of thiophene rings is 1. The smallest absolute Gasteiger partial charge is 0.0677 e. The lowest BCUT2D eigenvalue weighted by Gasteiger charge is -2.06. The molecule has 0 amide bonds. The van der Waals surface area contributed by atoms with Gasteiger partial charge >= 0.3 is 0 Å². The maximum absolute atomic E-state index is 6.39. The van der Waals surface area contributed by atoms with Crippen molar-refractivity contribution < 1.29 is 0 Å². The molecule has 19 heavy (non-hydrogen) atoms. The summed E-state index contributed by atoms with van der Waals surface area (Å²) in [6, 6.07) is 2.32. The van der Waals surface area contributed by atoms with Gasteiger partial charge in [0.1, 0.15) is 0 Å². The molecule has 0 radical (unpaired) electrons. The highest BCUT2D eigenvalue weighted by Gasteiger charge is 2.18. The van der Waals surface area contributed by atoms with Crippen LogP contribution in [0.4, 0.5) is 0 Å². The van der Waals surface area contributed by atoms with Gasteiger partial charge in [-0.15, -0.1) is 11.3 Å². The molecule has 1 aliphatic carbocycles. The van der Waals surface area contributed by atoms with Crippen LogP contribution in [0.5, 0.6) is 0 Å². The van der Waals surface area contributed by atoms with Crippen LogP contribution in [0.25, 0.3) is 0 Å². The highest BCUT2D eigenvalue weighted by molar-refractivity contribution is 7.12. The van der Waals surface area contributed by atoms with Crippen LogP contribution >= 0.6 is 11.3 Å². The highest BCUT2D eigenvalue weighted by Crippen LogP contribution is 2.33. The van der Waals surface area contributed by atoms with E-state index in [1.54, 1.807) is 4.88 Å². The maximum atomic E-state index is 6.39. The molecule has 1 unspecified atom stereocenters. The van der Waals surface area contributed by atoms with Crippen LogP contribution in [0.2, 0.25) is 0 Å². The van der Waals surface area contributed by atoms with Crippen molar-refractivity contribution in [1.29, 1.82) is 0 Å². The maximum Gasteiger partial charge on any atom is 0.0677 e. The zero-order valence-electron chi connectivity index (χ0n) is 11.4. The van der Waals surface area contributed by atoms with Gasteiger partial charge in [-0.2, -0.15) is 5.10 Å². The largest absolute Gasteiger partial charge is 0.320 e. The van der Waals surface area contributed by atoms with Crippen LogP contribution in [-0.2, 0) is 19.4 Å². The number of hydrogen-bond acceptors (Lipinski definition) is 3. The molecule has 0 saturated heterocycles. The van der Waals surface area contributed by atoms with E-state index in [9.17, 15) is 0 Å². The molecule has 0 fully saturated rings. The molecule has 2 aromatic heterocycles. The van der Waals surface area contributed by atoms with Crippen LogP contribution in [0.15, 0.2) is 18.5 Å². The van der Waals surface area contributed by atoms with Gasteiger partial charge in [0.25, 0.3) is 0 Å². The molecule has 102 valence electrons. The van der Waals surface area contributed by atoms with Crippen LogP contribution in [0.1, 0.15) is 53.1 Å². The first kappa shape index (κ1) is 12.9. The van der Waals surface area contributed by atoms with Crippen molar-refractivity contribution >= 4 is 11.3 Å². The number of nitrogens with zero attached hydrogens (tertiary/aromatic N) is 2. The molecule has 0 bridgehead atoms. The Morgan fingerprint density at radius 3 is 3.00 bits per heavy atom. The molecule has 2 aromatic rings. The third kappa shape index (κ3) is 2.60. The van der Waals surface area contributed by atoms with Crippen molar-refractivity contribution in [2.45, 2.75) is 51.6 Å². The lowest BCUT2D eigenvalue weighted by atomic mass is 10.1. The third-order valence-electron chi connectivity index (χ3n) is 3.91. The van der Waals surface area contributed by atoms with Crippen molar-refractivity contribution in [3.63, 3.8) is 0 Å². The number of fused-ring (bicyclic) bond motifs is 1. The summed E-state index contributed by atoms with van der Waals surface area (Å²) < 4.78 is 1.94. The zero-order valence-corrected chi connectivity index (χ0v) is 12.2. The van der Waals surface area contributed by atoms with E-state index in [-0.39, 0.29) is 6.04 Å². The van der Waals surface area contributed by atoms with E-state index < -0.39 is 0 Å². The summed E-state index contributed by atoms with van der Waals surface area (Å²) in [4.78, 5) is 2.85. The quantitative estimate of drug-likeness (QED) is 0.874. The minimum Gasteiger partial charge on any atom is -0.320 e. The van der Waals surface area contributed by atoms with Gasteiger partial charge < -0.3 is 5.73 Å². The predicted molar refractivity (Wildman–Crippen MR) is 79.5 cm³/mol. The fraction of sp³-hybridized carbons (Fsp3) is 0.533. The molecule has 0 saturated carbocycles.